The van der Waals surface area contributed by atoms with Crippen LogP contribution in [-0.4, -0.2) is 22.3 Å². The highest BCUT2D eigenvalue weighted by Crippen LogP contribution is 2.67. The monoisotopic (exact) mass is 313 g/mol. The van der Waals surface area contributed by atoms with Crippen molar-refractivity contribution in [2.75, 3.05) is 0 Å². The van der Waals surface area contributed by atoms with Crippen LogP contribution in [0, 0.1) is 46.3 Å². The Hall–Kier alpha value is -1.60. The van der Waals surface area contributed by atoms with Gasteiger partial charge in [-0.25, -0.2) is 0 Å². The quantitative estimate of drug-likeness (QED) is 0.839. The fourth-order valence-corrected chi connectivity index (χ4v) is 6.39. The lowest BCUT2D eigenvalue weighted by Gasteiger charge is -2.64. The number of carbonyl (C=O) groups is 1. The van der Waals surface area contributed by atoms with Crippen LogP contribution in [0.1, 0.15) is 38.5 Å². The van der Waals surface area contributed by atoms with Crippen LogP contribution in [0.4, 0.5) is 0 Å². The summed E-state index contributed by atoms with van der Waals surface area (Å²) in [6, 6.07) is 2.18. The third-order valence-corrected chi connectivity index (χ3v) is 7.21. The highest BCUT2D eigenvalue weighted by Gasteiger charge is 2.62. The summed E-state index contributed by atoms with van der Waals surface area (Å²) in [7, 11) is 0. The van der Waals surface area contributed by atoms with Crippen molar-refractivity contribution in [2.45, 2.75) is 44.6 Å². The van der Waals surface area contributed by atoms with Crippen LogP contribution in [0.15, 0.2) is 23.8 Å². The number of allylic oxidation sites excluding steroid dienone is 4. The molecule has 5 aliphatic carbocycles. The van der Waals surface area contributed by atoms with E-state index in [1.165, 1.54) is 0 Å². The van der Waals surface area contributed by atoms with Crippen LogP contribution in [0.3, 0.4) is 0 Å². The number of carboxylic acid groups (broad SMARTS) is 1. The Morgan fingerprint density at radius 2 is 1.87 bits per heavy atom. The van der Waals surface area contributed by atoms with E-state index < -0.39 is 5.97 Å². The van der Waals surface area contributed by atoms with Crippen molar-refractivity contribution < 1.29 is 15.0 Å². The SMILES string of the molecule is N#CC1=CCC(C2(CC(=O)O)C3CC4CC2CC(C3)C4O)C=C1. The number of aliphatic hydroxyl groups is 1. The van der Waals surface area contributed by atoms with Gasteiger partial charge in [-0.3, -0.25) is 4.79 Å². The molecular formula is C19H23NO3. The van der Waals surface area contributed by atoms with E-state index in [4.69, 9.17) is 5.26 Å². The highest BCUT2D eigenvalue weighted by molar-refractivity contribution is 5.68. The van der Waals surface area contributed by atoms with Crippen LogP contribution >= 0.6 is 0 Å². The third-order valence-electron chi connectivity index (χ3n) is 7.21. The summed E-state index contributed by atoms with van der Waals surface area (Å²) in [4.78, 5) is 11.7. The van der Waals surface area contributed by atoms with E-state index in [0.717, 1.165) is 32.1 Å². The third kappa shape index (κ3) is 2.10. The second kappa shape index (κ2) is 5.21. The topological polar surface area (TPSA) is 81.3 Å². The van der Waals surface area contributed by atoms with Crippen molar-refractivity contribution in [3.05, 3.63) is 23.8 Å². The molecular weight excluding hydrogens is 290 g/mol. The predicted molar refractivity (Wildman–Crippen MR) is 84.1 cm³/mol. The van der Waals surface area contributed by atoms with Gasteiger partial charge in [0.1, 0.15) is 0 Å². The Kier molecular flexibility index (Phi) is 3.39. The zero-order valence-corrected chi connectivity index (χ0v) is 13.2. The minimum Gasteiger partial charge on any atom is -0.481 e. The lowest BCUT2D eigenvalue weighted by atomic mass is 9.40. The molecule has 4 fully saturated rings. The summed E-state index contributed by atoms with van der Waals surface area (Å²) in [5, 5.41) is 29.0. The summed E-state index contributed by atoms with van der Waals surface area (Å²) in [6.45, 7) is 0. The van der Waals surface area contributed by atoms with Gasteiger partial charge in [-0.05, 0) is 73.2 Å². The molecule has 2 N–H and O–H groups in total. The maximum Gasteiger partial charge on any atom is 0.303 e. The molecule has 0 amide bonds. The van der Waals surface area contributed by atoms with E-state index in [1.54, 1.807) is 0 Å². The Balaban J connectivity index is 1.69. The van der Waals surface area contributed by atoms with Crippen LogP contribution in [-0.2, 0) is 4.79 Å². The zero-order chi connectivity index (χ0) is 16.2. The molecule has 0 spiro atoms. The number of nitriles is 1. The van der Waals surface area contributed by atoms with Crippen LogP contribution in [0.5, 0.6) is 0 Å². The van der Waals surface area contributed by atoms with Gasteiger partial charge in [0.15, 0.2) is 0 Å². The van der Waals surface area contributed by atoms with Crippen LogP contribution in [0.25, 0.3) is 0 Å². The fourth-order valence-electron chi connectivity index (χ4n) is 6.39. The number of nitrogens with zero attached hydrogens (tertiary/aromatic N) is 1. The van der Waals surface area contributed by atoms with E-state index in [9.17, 15) is 15.0 Å². The molecule has 1 atom stereocenters. The highest BCUT2D eigenvalue weighted by atomic mass is 16.4. The molecule has 0 saturated heterocycles. The minimum atomic E-state index is -0.707. The lowest BCUT2D eigenvalue weighted by molar-refractivity contribution is -0.190. The van der Waals surface area contributed by atoms with Gasteiger partial charge in [0, 0.05) is 5.57 Å². The summed E-state index contributed by atoms with van der Waals surface area (Å²) < 4.78 is 0. The number of carboxylic acids is 1. The van der Waals surface area contributed by atoms with Gasteiger partial charge in [-0.15, -0.1) is 0 Å². The van der Waals surface area contributed by atoms with Crippen LogP contribution in [0.2, 0.25) is 0 Å². The molecule has 0 aromatic rings. The Morgan fingerprint density at radius 1 is 1.26 bits per heavy atom. The number of hydrogen-bond acceptors (Lipinski definition) is 3. The summed E-state index contributed by atoms with van der Waals surface area (Å²) in [6.07, 6.45) is 10.7. The Morgan fingerprint density at radius 3 is 2.30 bits per heavy atom. The average molecular weight is 313 g/mol. The Bertz CT molecular complexity index is 597. The van der Waals surface area contributed by atoms with Gasteiger partial charge in [0.25, 0.3) is 0 Å². The van der Waals surface area contributed by atoms with E-state index in [1.807, 2.05) is 12.2 Å². The first-order valence-corrected chi connectivity index (χ1v) is 8.73. The fraction of sp³-hybridized carbons (Fsp3) is 0.684. The van der Waals surface area contributed by atoms with Crippen molar-refractivity contribution in [3.63, 3.8) is 0 Å². The minimum absolute atomic E-state index is 0.169. The number of aliphatic carboxylic acids is 1. The summed E-state index contributed by atoms with van der Waals surface area (Å²) in [5.74, 6) is 1.05. The summed E-state index contributed by atoms with van der Waals surface area (Å²) in [5.41, 5.74) is 0.499. The summed E-state index contributed by atoms with van der Waals surface area (Å²) >= 11 is 0. The molecule has 23 heavy (non-hydrogen) atoms. The molecule has 4 bridgehead atoms. The molecule has 0 heterocycles. The number of hydrogen-bond donors (Lipinski definition) is 2. The van der Waals surface area contributed by atoms with Gasteiger partial charge < -0.3 is 10.2 Å². The molecule has 122 valence electrons. The van der Waals surface area contributed by atoms with Gasteiger partial charge in [0.2, 0.25) is 0 Å². The molecule has 0 aromatic heterocycles. The van der Waals surface area contributed by atoms with Gasteiger partial charge >= 0.3 is 5.97 Å². The van der Waals surface area contributed by atoms with E-state index >= 15 is 0 Å². The molecule has 4 heteroatoms. The first-order chi connectivity index (χ1) is 11.0. The second-order valence-corrected chi connectivity index (χ2v) is 8.00. The van der Waals surface area contributed by atoms with Crippen molar-refractivity contribution in [1.82, 2.24) is 0 Å². The van der Waals surface area contributed by atoms with Crippen molar-refractivity contribution in [3.8, 4) is 6.07 Å². The van der Waals surface area contributed by atoms with E-state index in [0.29, 0.717) is 29.2 Å². The number of rotatable bonds is 3. The molecule has 5 aliphatic rings. The molecule has 0 radical (unpaired) electrons. The zero-order valence-electron chi connectivity index (χ0n) is 13.2. The van der Waals surface area contributed by atoms with Gasteiger partial charge in [0.05, 0.1) is 18.6 Å². The smallest absolute Gasteiger partial charge is 0.303 e. The molecule has 0 aromatic carbocycles. The molecule has 5 rings (SSSR count). The van der Waals surface area contributed by atoms with E-state index in [-0.39, 0.29) is 23.9 Å². The normalized spacial score (nSPS) is 47.2. The first kappa shape index (κ1) is 15.0. The maximum atomic E-state index is 11.7. The van der Waals surface area contributed by atoms with Crippen molar-refractivity contribution in [1.29, 1.82) is 5.26 Å². The molecule has 4 nitrogen and oxygen atoms in total. The van der Waals surface area contributed by atoms with Crippen LogP contribution < -0.4 is 0 Å². The van der Waals surface area contributed by atoms with Crippen molar-refractivity contribution >= 4 is 5.97 Å². The maximum absolute atomic E-state index is 11.7. The van der Waals surface area contributed by atoms with Gasteiger partial charge in [-0.1, -0.05) is 12.2 Å². The predicted octanol–water partition coefficient (Wildman–Crippen LogP) is 2.90. The average Bonchev–Trinajstić information content (AvgIpc) is 2.52. The van der Waals surface area contributed by atoms with E-state index in [2.05, 4.69) is 12.1 Å². The van der Waals surface area contributed by atoms with Gasteiger partial charge in [-0.2, -0.15) is 5.26 Å². The lowest BCUT2D eigenvalue weighted by Crippen LogP contribution is -2.60. The standard InChI is InChI=1S/C19H23NO3/c20-10-11-1-3-14(4-2-11)19(9-17(21)22)15-5-12-6-16(19)8-13(7-15)18(12)23/h1-3,12-16,18,23H,4-9H2,(H,21,22). The first-order valence-electron chi connectivity index (χ1n) is 8.73. The molecule has 1 unspecified atom stereocenters. The molecule has 0 aliphatic heterocycles. The second-order valence-electron chi connectivity index (χ2n) is 8.00. The number of aliphatic hydroxyl groups excluding tert-OH is 1. The van der Waals surface area contributed by atoms with Crippen molar-refractivity contribution in [2.24, 2.45) is 35.0 Å². The molecule has 4 saturated carbocycles. The Labute approximate surface area is 136 Å². The largest absolute Gasteiger partial charge is 0.481 e.